The van der Waals surface area contributed by atoms with Crippen molar-refractivity contribution in [2.75, 3.05) is 20.7 Å². The number of likely N-dealkylation sites (N-methyl/N-ethyl adjacent to an activating group) is 1. The average molecular weight is 248 g/mol. The number of amides is 1. The zero-order valence-electron chi connectivity index (χ0n) is 11.0. The van der Waals surface area contributed by atoms with Crippen LogP contribution in [0.2, 0.25) is 0 Å². The summed E-state index contributed by atoms with van der Waals surface area (Å²) in [5, 5.41) is 0. The number of carbonyl (C=O) groups excluding carboxylic acids is 1. The molecule has 0 aromatic heterocycles. The summed E-state index contributed by atoms with van der Waals surface area (Å²) < 4.78 is 5.17. The minimum atomic E-state index is -0.566. The molecule has 2 N–H and O–H groups in total. The Kier molecular flexibility index (Phi) is 3.57. The summed E-state index contributed by atoms with van der Waals surface area (Å²) in [6.45, 7) is 0.685. The highest BCUT2D eigenvalue weighted by Gasteiger charge is 2.47. The van der Waals surface area contributed by atoms with Crippen LogP contribution in [0.15, 0.2) is 24.3 Å². The smallest absolute Gasteiger partial charge is 0.242 e. The van der Waals surface area contributed by atoms with Crippen molar-refractivity contribution in [3.63, 3.8) is 0 Å². The predicted octanol–water partition coefficient (Wildman–Crippen LogP) is 1.19. The van der Waals surface area contributed by atoms with Gasteiger partial charge in [0, 0.05) is 13.6 Å². The summed E-state index contributed by atoms with van der Waals surface area (Å²) in [5.41, 5.74) is 6.49. The predicted molar refractivity (Wildman–Crippen MR) is 70.5 cm³/mol. The molecule has 0 unspecified atom stereocenters. The fraction of sp³-hybridized carbons (Fsp3) is 0.500. The number of hydrogen-bond acceptors (Lipinski definition) is 3. The van der Waals surface area contributed by atoms with Crippen molar-refractivity contribution in [2.45, 2.75) is 24.8 Å². The molecule has 0 spiro atoms. The van der Waals surface area contributed by atoms with Gasteiger partial charge in [0.2, 0.25) is 5.91 Å². The van der Waals surface area contributed by atoms with Gasteiger partial charge in [-0.05, 0) is 37.0 Å². The second-order valence-corrected chi connectivity index (χ2v) is 4.98. The summed E-state index contributed by atoms with van der Waals surface area (Å²) in [5.74, 6) is 0.907. The van der Waals surface area contributed by atoms with Crippen molar-refractivity contribution >= 4 is 5.91 Å². The molecular formula is C14H20N2O2. The Morgan fingerprint density at radius 1 is 1.50 bits per heavy atom. The minimum absolute atomic E-state index is 0.0606. The first kappa shape index (κ1) is 12.9. The molecule has 18 heavy (non-hydrogen) atoms. The van der Waals surface area contributed by atoms with Crippen molar-refractivity contribution in [2.24, 2.45) is 5.73 Å². The molecule has 1 aliphatic rings. The van der Waals surface area contributed by atoms with Gasteiger partial charge < -0.3 is 15.4 Å². The second-order valence-electron chi connectivity index (χ2n) is 4.98. The molecule has 1 aromatic rings. The Hall–Kier alpha value is -1.55. The normalized spacial score (nSPS) is 16.2. The Balaban J connectivity index is 1.88. The second kappa shape index (κ2) is 4.98. The highest BCUT2D eigenvalue weighted by molar-refractivity contribution is 5.88. The van der Waals surface area contributed by atoms with Crippen LogP contribution in [0.25, 0.3) is 0 Å². The van der Waals surface area contributed by atoms with Crippen LogP contribution in [0.4, 0.5) is 0 Å². The first-order chi connectivity index (χ1) is 8.55. The molecule has 4 heteroatoms. The summed E-state index contributed by atoms with van der Waals surface area (Å²) >= 11 is 0. The van der Waals surface area contributed by atoms with E-state index < -0.39 is 5.54 Å². The molecular weight excluding hydrogens is 228 g/mol. The Bertz CT molecular complexity index is 441. The summed E-state index contributed by atoms with van der Waals surface area (Å²) in [7, 11) is 3.47. The zero-order valence-corrected chi connectivity index (χ0v) is 11.0. The van der Waals surface area contributed by atoms with Gasteiger partial charge in [-0.2, -0.15) is 0 Å². The summed E-state index contributed by atoms with van der Waals surface area (Å²) in [6, 6.07) is 7.91. The number of ether oxygens (including phenoxy) is 1. The molecule has 0 bridgehead atoms. The van der Waals surface area contributed by atoms with Gasteiger partial charge in [-0.25, -0.2) is 0 Å². The van der Waals surface area contributed by atoms with E-state index in [-0.39, 0.29) is 5.91 Å². The molecule has 4 nitrogen and oxygen atoms in total. The molecule has 1 saturated carbocycles. The highest BCUT2D eigenvalue weighted by atomic mass is 16.5. The molecule has 0 saturated heterocycles. The first-order valence-corrected chi connectivity index (χ1v) is 6.22. The first-order valence-electron chi connectivity index (χ1n) is 6.22. The highest BCUT2D eigenvalue weighted by Crippen LogP contribution is 2.33. The topological polar surface area (TPSA) is 55.6 Å². The molecule has 0 radical (unpaired) electrons. The maximum Gasteiger partial charge on any atom is 0.242 e. The van der Waals surface area contributed by atoms with Crippen LogP contribution < -0.4 is 10.5 Å². The van der Waals surface area contributed by atoms with E-state index in [0.29, 0.717) is 6.54 Å². The van der Waals surface area contributed by atoms with Gasteiger partial charge in [-0.1, -0.05) is 12.1 Å². The maximum absolute atomic E-state index is 11.9. The fourth-order valence-corrected chi connectivity index (χ4v) is 1.95. The van der Waals surface area contributed by atoms with Crippen LogP contribution in [0.5, 0.6) is 5.75 Å². The van der Waals surface area contributed by atoms with Crippen molar-refractivity contribution < 1.29 is 9.53 Å². The van der Waals surface area contributed by atoms with E-state index in [1.165, 1.54) is 0 Å². The van der Waals surface area contributed by atoms with Crippen LogP contribution in [0.3, 0.4) is 0 Å². The molecule has 0 aliphatic heterocycles. The lowest BCUT2D eigenvalue weighted by atomic mass is 10.1. The monoisotopic (exact) mass is 248 g/mol. The van der Waals surface area contributed by atoms with Crippen LogP contribution >= 0.6 is 0 Å². The van der Waals surface area contributed by atoms with Gasteiger partial charge in [-0.15, -0.1) is 0 Å². The molecule has 1 amide bonds. The van der Waals surface area contributed by atoms with E-state index in [2.05, 4.69) is 0 Å². The van der Waals surface area contributed by atoms with Gasteiger partial charge >= 0.3 is 0 Å². The molecule has 2 rings (SSSR count). The number of benzene rings is 1. The van der Waals surface area contributed by atoms with Crippen LogP contribution in [-0.2, 0) is 11.2 Å². The minimum Gasteiger partial charge on any atom is -0.497 e. The number of methoxy groups -OCH3 is 1. The Morgan fingerprint density at radius 3 is 2.83 bits per heavy atom. The van der Waals surface area contributed by atoms with Crippen molar-refractivity contribution in [1.29, 1.82) is 0 Å². The quantitative estimate of drug-likeness (QED) is 0.851. The van der Waals surface area contributed by atoms with E-state index in [9.17, 15) is 4.79 Å². The lowest BCUT2D eigenvalue weighted by Gasteiger charge is -2.20. The van der Waals surface area contributed by atoms with Gasteiger partial charge in [-0.3, -0.25) is 4.79 Å². The van der Waals surface area contributed by atoms with Gasteiger partial charge in [0.05, 0.1) is 12.6 Å². The van der Waals surface area contributed by atoms with Gasteiger partial charge in [0.15, 0.2) is 0 Å². The third-order valence-corrected chi connectivity index (χ3v) is 3.43. The summed E-state index contributed by atoms with van der Waals surface area (Å²) in [6.07, 6.45) is 2.44. The standard InChI is InChI=1S/C14H20N2O2/c1-16(13(17)14(15)7-8-14)9-6-11-4-3-5-12(10-11)18-2/h3-5,10H,6-9,15H2,1-2H3. The number of carbonyl (C=O) groups is 1. The van der Waals surface area contributed by atoms with E-state index in [4.69, 9.17) is 10.5 Å². The van der Waals surface area contributed by atoms with E-state index in [1.807, 2.05) is 31.3 Å². The largest absolute Gasteiger partial charge is 0.497 e. The molecule has 1 fully saturated rings. The number of nitrogens with two attached hydrogens (primary N) is 1. The molecule has 98 valence electrons. The zero-order chi connectivity index (χ0) is 13.2. The van der Waals surface area contributed by atoms with E-state index in [1.54, 1.807) is 12.0 Å². The fourth-order valence-electron chi connectivity index (χ4n) is 1.95. The Labute approximate surface area is 108 Å². The third-order valence-electron chi connectivity index (χ3n) is 3.43. The lowest BCUT2D eigenvalue weighted by molar-refractivity contribution is -0.132. The molecule has 1 aliphatic carbocycles. The van der Waals surface area contributed by atoms with Gasteiger partial charge in [0.25, 0.3) is 0 Å². The molecule has 0 atom stereocenters. The van der Waals surface area contributed by atoms with Crippen LogP contribution in [-0.4, -0.2) is 37.0 Å². The van der Waals surface area contributed by atoms with Crippen LogP contribution in [0.1, 0.15) is 18.4 Å². The molecule has 1 aromatic carbocycles. The Morgan fingerprint density at radius 2 is 2.22 bits per heavy atom. The van der Waals surface area contributed by atoms with Crippen molar-refractivity contribution in [3.8, 4) is 5.75 Å². The number of rotatable bonds is 5. The number of nitrogens with zero attached hydrogens (tertiary/aromatic N) is 1. The van der Waals surface area contributed by atoms with Gasteiger partial charge in [0.1, 0.15) is 5.75 Å². The maximum atomic E-state index is 11.9. The lowest BCUT2D eigenvalue weighted by Crippen LogP contribution is -2.44. The van der Waals surface area contributed by atoms with E-state index >= 15 is 0 Å². The third kappa shape index (κ3) is 2.82. The SMILES string of the molecule is COc1cccc(CCN(C)C(=O)C2(N)CC2)c1. The van der Waals surface area contributed by atoms with Crippen LogP contribution in [0, 0.1) is 0 Å². The van der Waals surface area contributed by atoms with Crippen molar-refractivity contribution in [3.05, 3.63) is 29.8 Å². The molecule has 0 heterocycles. The summed E-state index contributed by atoms with van der Waals surface area (Å²) in [4.78, 5) is 13.7. The van der Waals surface area contributed by atoms with E-state index in [0.717, 1.165) is 30.6 Å². The average Bonchev–Trinajstić information content (AvgIpc) is 3.14. The van der Waals surface area contributed by atoms with Crippen molar-refractivity contribution in [1.82, 2.24) is 4.90 Å². The number of hydrogen-bond donors (Lipinski definition) is 1.